The predicted molar refractivity (Wildman–Crippen MR) is 138 cm³/mol. The minimum Gasteiger partial charge on any atom is -0.313 e. The van der Waals surface area contributed by atoms with E-state index < -0.39 is 0 Å². The molecule has 1 unspecified atom stereocenters. The van der Waals surface area contributed by atoms with E-state index in [4.69, 9.17) is 4.98 Å². The van der Waals surface area contributed by atoms with Gasteiger partial charge in [0.15, 0.2) is 5.13 Å². The second-order valence-corrected chi connectivity index (χ2v) is 9.16. The van der Waals surface area contributed by atoms with Crippen LogP contribution in [0.4, 0.5) is 10.8 Å². The number of hydrogen-bond acceptors (Lipinski definition) is 4. The fraction of sp³-hybridized carbons (Fsp3) is 0.250. The summed E-state index contributed by atoms with van der Waals surface area (Å²) in [7, 11) is 0. The molecule has 1 N–H and O–H groups in total. The first-order chi connectivity index (χ1) is 15.5. The fourth-order valence-corrected chi connectivity index (χ4v) is 4.61. The lowest BCUT2D eigenvalue weighted by Gasteiger charge is -2.23. The van der Waals surface area contributed by atoms with Crippen molar-refractivity contribution < 1.29 is 0 Å². The first-order valence-corrected chi connectivity index (χ1v) is 12.1. The highest BCUT2D eigenvalue weighted by Crippen LogP contribution is 2.34. The molecular weight excluding hydrogens is 410 g/mol. The molecule has 4 heteroatoms. The van der Waals surface area contributed by atoms with E-state index in [0.717, 1.165) is 35.2 Å². The van der Waals surface area contributed by atoms with E-state index in [9.17, 15) is 0 Å². The number of aryl methyl sites for hydroxylation is 2. The molecule has 0 bridgehead atoms. The quantitative estimate of drug-likeness (QED) is 0.308. The first-order valence-electron chi connectivity index (χ1n) is 11.2. The average Bonchev–Trinajstić information content (AvgIpc) is 3.29. The summed E-state index contributed by atoms with van der Waals surface area (Å²) in [6.45, 7) is 10.3. The van der Waals surface area contributed by atoms with Crippen LogP contribution in [-0.2, 0) is 6.54 Å². The number of rotatable bonds is 8. The largest absolute Gasteiger partial charge is 0.313 e. The molecule has 4 aromatic rings. The van der Waals surface area contributed by atoms with Gasteiger partial charge in [-0.25, -0.2) is 4.98 Å². The molecular formula is C28H31N3S. The lowest BCUT2D eigenvalue weighted by molar-refractivity contribution is 0.598. The number of benzene rings is 3. The van der Waals surface area contributed by atoms with Crippen LogP contribution >= 0.6 is 11.3 Å². The molecule has 0 aliphatic heterocycles. The van der Waals surface area contributed by atoms with Crippen LogP contribution in [-0.4, -0.2) is 11.5 Å². The van der Waals surface area contributed by atoms with E-state index in [0.29, 0.717) is 6.04 Å². The SMILES string of the molecule is CCNC(C)c1ccc(CN(c2ccc(C)cc2)c2nc(-c3ccc(C)cc3)cs2)cc1. The van der Waals surface area contributed by atoms with Gasteiger partial charge >= 0.3 is 0 Å². The van der Waals surface area contributed by atoms with Crippen molar-refractivity contribution in [1.29, 1.82) is 0 Å². The number of thiazole rings is 1. The molecule has 0 aliphatic rings. The topological polar surface area (TPSA) is 28.2 Å². The molecule has 1 atom stereocenters. The van der Waals surface area contributed by atoms with E-state index in [2.05, 4.69) is 116 Å². The zero-order valence-electron chi connectivity index (χ0n) is 19.3. The van der Waals surface area contributed by atoms with Crippen LogP contribution < -0.4 is 10.2 Å². The maximum atomic E-state index is 5.01. The van der Waals surface area contributed by atoms with Gasteiger partial charge in [0.05, 0.1) is 12.2 Å². The van der Waals surface area contributed by atoms with Gasteiger partial charge in [0, 0.05) is 22.7 Å². The summed E-state index contributed by atoms with van der Waals surface area (Å²) in [4.78, 5) is 7.32. The standard InChI is InChI=1S/C28H31N3S/c1-5-29-22(4)24-14-10-23(11-15-24)18-31(26-16-8-21(3)9-17-26)28-30-27(19-32-28)25-12-6-20(2)7-13-25/h6-17,19,22,29H,5,18H2,1-4H3. The summed E-state index contributed by atoms with van der Waals surface area (Å²) in [5.74, 6) is 0. The third-order valence-corrected chi connectivity index (χ3v) is 6.61. The van der Waals surface area contributed by atoms with E-state index in [1.165, 1.54) is 22.3 Å². The summed E-state index contributed by atoms with van der Waals surface area (Å²) >= 11 is 1.69. The average molecular weight is 442 g/mol. The Labute approximate surface area is 195 Å². The fourth-order valence-electron chi connectivity index (χ4n) is 3.76. The lowest BCUT2D eigenvalue weighted by Crippen LogP contribution is -2.18. The van der Waals surface area contributed by atoms with E-state index in [1.54, 1.807) is 11.3 Å². The number of nitrogens with one attached hydrogen (secondary N) is 1. The Bertz CT molecular complexity index is 1130. The molecule has 32 heavy (non-hydrogen) atoms. The second kappa shape index (κ2) is 10.1. The molecule has 0 amide bonds. The Morgan fingerprint density at radius 3 is 2.12 bits per heavy atom. The highest BCUT2D eigenvalue weighted by molar-refractivity contribution is 7.14. The van der Waals surface area contributed by atoms with Gasteiger partial charge in [-0.2, -0.15) is 0 Å². The van der Waals surface area contributed by atoms with Crippen LogP contribution in [0.15, 0.2) is 78.2 Å². The Morgan fingerprint density at radius 2 is 1.50 bits per heavy atom. The zero-order chi connectivity index (χ0) is 22.5. The molecule has 0 radical (unpaired) electrons. The van der Waals surface area contributed by atoms with Crippen LogP contribution in [0, 0.1) is 13.8 Å². The Hall–Kier alpha value is -2.95. The minimum atomic E-state index is 0.360. The third kappa shape index (κ3) is 5.26. The summed E-state index contributed by atoms with van der Waals surface area (Å²) in [6, 6.07) is 26.6. The molecule has 3 aromatic carbocycles. The highest BCUT2D eigenvalue weighted by atomic mass is 32.1. The molecule has 0 spiro atoms. The van der Waals surface area contributed by atoms with Crippen molar-refractivity contribution in [3.8, 4) is 11.3 Å². The van der Waals surface area contributed by atoms with Crippen LogP contribution in [0.5, 0.6) is 0 Å². The molecule has 1 heterocycles. The van der Waals surface area contributed by atoms with Crippen LogP contribution in [0.3, 0.4) is 0 Å². The van der Waals surface area contributed by atoms with Crippen LogP contribution in [0.25, 0.3) is 11.3 Å². The van der Waals surface area contributed by atoms with E-state index >= 15 is 0 Å². The number of hydrogen-bond donors (Lipinski definition) is 1. The highest BCUT2D eigenvalue weighted by Gasteiger charge is 2.15. The third-order valence-electron chi connectivity index (χ3n) is 5.75. The van der Waals surface area contributed by atoms with Crippen LogP contribution in [0.2, 0.25) is 0 Å². The summed E-state index contributed by atoms with van der Waals surface area (Å²) in [6.07, 6.45) is 0. The summed E-state index contributed by atoms with van der Waals surface area (Å²) in [5, 5.41) is 6.65. The monoisotopic (exact) mass is 441 g/mol. The maximum absolute atomic E-state index is 5.01. The van der Waals surface area contributed by atoms with Crippen molar-refractivity contribution in [3.63, 3.8) is 0 Å². The van der Waals surface area contributed by atoms with Gasteiger partial charge in [0.1, 0.15) is 0 Å². The number of aromatic nitrogens is 1. The van der Waals surface area contributed by atoms with E-state index in [1.807, 2.05) is 0 Å². The van der Waals surface area contributed by atoms with E-state index in [-0.39, 0.29) is 0 Å². The summed E-state index contributed by atoms with van der Waals surface area (Å²) < 4.78 is 0. The number of anilines is 2. The maximum Gasteiger partial charge on any atom is 0.190 e. The molecule has 164 valence electrons. The smallest absolute Gasteiger partial charge is 0.190 e. The van der Waals surface area contributed by atoms with Gasteiger partial charge < -0.3 is 10.2 Å². The van der Waals surface area contributed by atoms with Gasteiger partial charge in [0.25, 0.3) is 0 Å². The van der Waals surface area contributed by atoms with Crippen molar-refractivity contribution in [2.75, 3.05) is 11.4 Å². The van der Waals surface area contributed by atoms with Gasteiger partial charge in [-0.15, -0.1) is 11.3 Å². The minimum absolute atomic E-state index is 0.360. The van der Waals surface area contributed by atoms with Crippen molar-refractivity contribution in [2.24, 2.45) is 0 Å². The lowest BCUT2D eigenvalue weighted by atomic mass is 10.1. The Balaban J connectivity index is 1.63. The Kier molecular flexibility index (Phi) is 7.03. The molecule has 0 fully saturated rings. The van der Waals surface area contributed by atoms with Gasteiger partial charge in [-0.1, -0.05) is 78.7 Å². The molecule has 4 rings (SSSR count). The normalized spacial score (nSPS) is 12.0. The molecule has 0 saturated heterocycles. The van der Waals surface area contributed by atoms with Crippen molar-refractivity contribution in [3.05, 3.63) is 100 Å². The molecule has 0 aliphatic carbocycles. The van der Waals surface area contributed by atoms with Gasteiger partial charge in [0.2, 0.25) is 0 Å². The summed E-state index contributed by atoms with van der Waals surface area (Å²) in [5.41, 5.74) is 8.44. The Morgan fingerprint density at radius 1 is 0.875 bits per heavy atom. The van der Waals surface area contributed by atoms with Gasteiger partial charge in [-0.3, -0.25) is 0 Å². The van der Waals surface area contributed by atoms with Gasteiger partial charge in [-0.05, 0) is 50.6 Å². The van der Waals surface area contributed by atoms with Crippen molar-refractivity contribution in [1.82, 2.24) is 10.3 Å². The molecule has 1 aromatic heterocycles. The van der Waals surface area contributed by atoms with Crippen molar-refractivity contribution >= 4 is 22.2 Å². The zero-order valence-corrected chi connectivity index (χ0v) is 20.1. The second-order valence-electron chi connectivity index (χ2n) is 8.32. The van der Waals surface area contributed by atoms with Crippen molar-refractivity contribution in [2.45, 2.75) is 40.3 Å². The molecule has 0 saturated carbocycles. The van der Waals surface area contributed by atoms with Crippen LogP contribution in [0.1, 0.15) is 42.1 Å². The number of nitrogens with zero attached hydrogens (tertiary/aromatic N) is 2. The first kappa shape index (κ1) is 22.3. The molecule has 3 nitrogen and oxygen atoms in total. The predicted octanol–water partition coefficient (Wildman–Crippen LogP) is 7.44.